The summed E-state index contributed by atoms with van der Waals surface area (Å²) in [5, 5.41) is 121. The normalized spacial score (nSPS) is 27.0. The Morgan fingerprint density at radius 3 is 1.03 bits per heavy atom. The second-order valence-corrected chi connectivity index (χ2v) is 28.5. The van der Waals surface area contributed by atoms with Gasteiger partial charge in [0.25, 0.3) is 0 Å². The molecule has 570 valence electrons. The molecule has 19 nitrogen and oxygen atoms in total. The summed E-state index contributed by atoms with van der Waals surface area (Å²) in [5.41, 5.74) is 0. The van der Waals surface area contributed by atoms with E-state index in [4.69, 9.17) is 28.4 Å². The van der Waals surface area contributed by atoms with Crippen molar-refractivity contribution in [2.75, 3.05) is 26.4 Å². The summed E-state index contributed by atoms with van der Waals surface area (Å²) in [6.07, 6.45) is 45.8. The second-order valence-electron chi connectivity index (χ2n) is 28.5. The Labute approximate surface area is 587 Å². The Kier molecular flexibility index (Phi) is 54.6. The predicted octanol–water partition coefficient (Wildman–Crippen LogP) is 12.7. The molecule has 17 atom stereocenters. The Bertz CT molecular complexity index is 1900. The van der Waals surface area contributed by atoms with E-state index in [0.29, 0.717) is 12.8 Å². The summed E-state index contributed by atoms with van der Waals surface area (Å²) in [6.45, 7) is 1.76. The summed E-state index contributed by atoms with van der Waals surface area (Å²) < 4.78 is 34.4. The topological polar surface area (TPSA) is 307 Å². The molecule has 3 saturated heterocycles. The highest BCUT2D eigenvalue weighted by molar-refractivity contribution is 5.76. The fraction of sp³-hybridized carbons (Fsp3) is 0.910. The lowest BCUT2D eigenvalue weighted by Crippen LogP contribution is -2.66. The molecule has 1 amide bonds. The third-order valence-corrected chi connectivity index (χ3v) is 19.9. The number of rotatable bonds is 63. The molecule has 17 unspecified atom stereocenters. The molecule has 12 N–H and O–H groups in total. The van der Waals surface area contributed by atoms with Crippen molar-refractivity contribution in [2.24, 2.45) is 0 Å². The molecule has 0 radical (unpaired) electrons. The zero-order valence-corrected chi connectivity index (χ0v) is 60.8. The van der Waals surface area contributed by atoms with E-state index in [9.17, 15) is 61.0 Å². The van der Waals surface area contributed by atoms with Gasteiger partial charge < -0.3 is 89.9 Å². The van der Waals surface area contributed by atoms with E-state index in [0.717, 1.165) is 44.9 Å². The van der Waals surface area contributed by atoms with Crippen LogP contribution in [0.2, 0.25) is 0 Å². The Balaban J connectivity index is 1.38. The first kappa shape index (κ1) is 89.2. The molecular weight excluding hydrogens is 1240 g/mol. The monoisotopic (exact) mass is 1380 g/mol. The smallest absolute Gasteiger partial charge is 0.220 e. The molecule has 19 heteroatoms. The highest BCUT2D eigenvalue weighted by atomic mass is 16.8. The van der Waals surface area contributed by atoms with Crippen LogP contribution >= 0.6 is 0 Å². The largest absolute Gasteiger partial charge is 0.394 e. The maximum atomic E-state index is 13.4. The van der Waals surface area contributed by atoms with Gasteiger partial charge in [0.2, 0.25) is 5.91 Å². The summed E-state index contributed by atoms with van der Waals surface area (Å²) >= 11 is 0. The number of allylic oxidation sites excluding steroid dienone is 5. The molecule has 0 aromatic heterocycles. The Morgan fingerprint density at radius 2 is 0.660 bits per heavy atom. The van der Waals surface area contributed by atoms with Gasteiger partial charge in [0.15, 0.2) is 18.9 Å². The first-order valence-corrected chi connectivity index (χ1v) is 39.7. The Morgan fingerprint density at radius 1 is 0.361 bits per heavy atom. The lowest BCUT2D eigenvalue weighted by atomic mass is 9.96. The van der Waals surface area contributed by atoms with Crippen LogP contribution in [0.15, 0.2) is 36.5 Å². The summed E-state index contributed by atoms with van der Waals surface area (Å²) in [7, 11) is 0. The first-order valence-electron chi connectivity index (χ1n) is 39.7. The number of aliphatic hydroxyl groups excluding tert-OH is 11. The fourth-order valence-corrected chi connectivity index (χ4v) is 13.5. The van der Waals surface area contributed by atoms with Gasteiger partial charge in [0.05, 0.1) is 38.6 Å². The average Bonchev–Trinajstić information content (AvgIpc) is 0.792. The summed E-state index contributed by atoms with van der Waals surface area (Å²) in [5.74, 6) is -0.284. The van der Waals surface area contributed by atoms with Crippen molar-refractivity contribution in [1.82, 2.24) is 5.32 Å². The van der Waals surface area contributed by atoms with Gasteiger partial charge >= 0.3 is 0 Å². The molecule has 3 rings (SSSR count). The minimum absolute atomic E-state index is 0.236. The van der Waals surface area contributed by atoms with Crippen molar-refractivity contribution >= 4 is 5.91 Å². The van der Waals surface area contributed by atoms with Gasteiger partial charge in [-0.25, -0.2) is 0 Å². The van der Waals surface area contributed by atoms with Gasteiger partial charge in [-0.05, 0) is 44.9 Å². The van der Waals surface area contributed by atoms with E-state index in [1.807, 2.05) is 6.08 Å². The minimum atomic E-state index is -1.98. The minimum Gasteiger partial charge on any atom is -0.394 e. The van der Waals surface area contributed by atoms with E-state index in [-0.39, 0.29) is 18.9 Å². The van der Waals surface area contributed by atoms with E-state index in [1.165, 1.54) is 244 Å². The van der Waals surface area contributed by atoms with Crippen LogP contribution < -0.4 is 5.32 Å². The van der Waals surface area contributed by atoms with Crippen LogP contribution in [0.25, 0.3) is 0 Å². The number of carbonyl (C=O) groups is 1. The molecule has 0 aliphatic carbocycles. The van der Waals surface area contributed by atoms with Crippen molar-refractivity contribution in [3.8, 4) is 0 Å². The van der Waals surface area contributed by atoms with Crippen LogP contribution in [0.5, 0.6) is 0 Å². The Hall–Kier alpha value is -1.99. The fourth-order valence-electron chi connectivity index (χ4n) is 13.5. The number of carbonyl (C=O) groups excluding carboxylic acids is 1. The number of hydrogen-bond acceptors (Lipinski definition) is 18. The molecule has 0 spiro atoms. The number of hydrogen-bond donors (Lipinski definition) is 12. The number of unbranched alkanes of at least 4 members (excludes halogenated alkanes) is 43. The second kappa shape index (κ2) is 59.4. The maximum absolute atomic E-state index is 13.4. The SMILES string of the molecule is CCCCCCCCCCCCCCCCCCCCCCCCC/C=C/CC/C=C/CC/C=C/C(O)C(COC1OC(CO)C(OC2OC(CO)C(OC3OC(CO)C(O)C(O)C3O)C(O)C2O)C(O)C1O)NC(=O)CCCCCCCCCCCCCCCCCCCCC. The number of aliphatic hydroxyl groups is 11. The van der Waals surface area contributed by atoms with Crippen molar-refractivity contribution in [3.63, 3.8) is 0 Å². The molecule has 97 heavy (non-hydrogen) atoms. The molecule has 0 aromatic rings. The van der Waals surface area contributed by atoms with Crippen LogP contribution in [0.4, 0.5) is 0 Å². The van der Waals surface area contributed by atoms with Crippen molar-refractivity contribution in [1.29, 1.82) is 0 Å². The van der Waals surface area contributed by atoms with Crippen molar-refractivity contribution < 1.29 is 89.4 Å². The molecule has 0 bridgehead atoms. The average molecular weight is 1390 g/mol. The van der Waals surface area contributed by atoms with E-state index in [1.54, 1.807) is 6.08 Å². The standard InChI is InChI=1S/C78H145NO18/c1-3-5-7-9-11-13-15-17-19-21-23-24-25-26-27-28-29-30-31-32-33-34-35-36-38-39-41-43-45-47-49-51-53-55-62(83)61(79-66(84)56-54-52-50-48-46-44-42-40-37-22-20-18-16-14-12-10-8-6-4-2)60-92-76-72(90)69(87)74(64(58-81)94-76)97-78-73(91)70(88)75(65(59-82)95-78)96-77-71(89)68(86)67(85)63(57-80)93-77/h38-39,45,47,53,55,61-65,67-78,80-83,85-91H,3-37,40-44,46,48-52,54,56-60H2,1-2H3,(H,79,84)/b39-38+,47-45+,55-53+. The molecule has 3 fully saturated rings. The summed E-state index contributed by atoms with van der Waals surface area (Å²) in [6, 6.07) is -0.995. The van der Waals surface area contributed by atoms with Gasteiger partial charge in [-0.15, -0.1) is 0 Å². The highest BCUT2D eigenvalue weighted by Gasteiger charge is 2.53. The quantitative estimate of drug-likeness (QED) is 0.0199. The van der Waals surface area contributed by atoms with E-state index in [2.05, 4.69) is 43.5 Å². The number of ether oxygens (including phenoxy) is 6. The van der Waals surface area contributed by atoms with Crippen molar-refractivity contribution in [3.05, 3.63) is 36.5 Å². The molecule has 0 aromatic carbocycles. The van der Waals surface area contributed by atoms with Crippen LogP contribution in [-0.2, 0) is 33.2 Å². The van der Waals surface area contributed by atoms with Gasteiger partial charge in [-0.3, -0.25) is 4.79 Å². The van der Waals surface area contributed by atoms with E-state index < -0.39 is 124 Å². The number of nitrogens with one attached hydrogen (secondary N) is 1. The third kappa shape index (κ3) is 40.0. The lowest BCUT2D eigenvalue weighted by Gasteiger charge is -2.48. The molecule has 0 saturated carbocycles. The summed E-state index contributed by atoms with van der Waals surface area (Å²) in [4.78, 5) is 13.4. The van der Waals surface area contributed by atoms with Crippen LogP contribution in [0, 0.1) is 0 Å². The zero-order valence-electron chi connectivity index (χ0n) is 60.8. The molecule has 3 aliphatic rings. The van der Waals surface area contributed by atoms with Crippen LogP contribution in [0.1, 0.15) is 322 Å². The van der Waals surface area contributed by atoms with Crippen LogP contribution in [0.3, 0.4) is 0 Å². The predicted molar refractivity (Wildman–Crippen MR) is 383 cm³/mol. The molecule has 3 aliphatic heterocycles. The van der Waals surface area contributed by atoms with Gasteiger partial charge in [-0.1, -0.05) is 307 Å². The third-order valence-electron chi connectivity index (χ3n) is 19.9. The van der Waals surface area contributed by atoms with Gasteiger partial charge in [0, 0.05) is 6.42 Å². The highest BCUT2D eigenvalue weighted by Crippen LogP contribution is 2.33. The van der Waals surface area contributed by atoms with E-state index >= 15 is 0 Å². The molecular formula is C78H145NO18. The van der Waals surface area contributed by atoms with Gasteiger partial charge in [-0.2, -0.15) is 0 Å². The number of amides is 1. The van der Waals surface area contributed by atoms with Crippen LogP contribution in [-0.4, -0.2) is 193 Å². The first-order chi connectivity index (χ1) is 47.3. The lowest BCUT2D eigenvalue weighted by molar-refractivity contribution is -0.379. The zero-order chi connectivity index (χ0) is 70.4. The van der Waals surface area contributed by atoms with Crippen molar-refractivity contribution in [2.45, 2.75) is 426 Å². The van der Waals surface area contributed by atoms with Gasteiger partial charge in [0.1, 0.15) is 73.2 Å². The maximum Gasteiger partial charge on any atom is 0.220 e. The molecule has 3 heterocycles.